The van der Waals surface area contributed by atoms with E-state index in [0.717, 1.165) is 15.7 Å². The van der Waals surface area contributed by atoms with Gasteiger partial charge in [0.25, 0.3) is 0 Å². The highest BCUT2D eigenvalue weighted by atomic mass is 79.9. The lowest BCUT2D eigenvalue weighted by Crippen LogP contribution is -2.47. The first-order valence-electron chi connectivity index (χ1n) is 11.6. The highest BCUT2D eigenvalue weighted by Crippen LogP contribution is 2.28. The van der Waals surface area contributed by atoms with Crippen LogP contribution in [0.1, 0.15) is 18.4 Å². The third kappa shape index (κ3) is 7.71. The summed E-state index contributed by atoms with van der Waals surface area (Å²) in [6.07, 6.45) is 1.00. The maximum Gasteiger partial charge on any atom is 0.311 e. The minimum absolute atomic E-state index is 0.0789. The third-order valence-electron chi connectivity index (χ3n) is 5.91. The van der Waals surface area contributed by atoms with Crippen LogP contribution in [-0.4, -0.2) is 35.7 Å². The average molecular weight is 605 g/mol. The van der Waals surface area contributed by atoms with Gasteiger partial charge in [-0.2, -0.15) is 0 Å². The summed E-state index contributed by atoms with van der Waals surface area (Å²) < 4.78 is 6.69. The Hall–Kier alpha value is -3.07. The summed E-state index contributed by atoms with van der Waals surface area (Å²) >= 11 is 15.4. The van der Waals surface area contributed by atoms with Crippen LogP contribution in [0.25, 0.3) is 0 Å². The van der Waals surface area contributed by atoms with Gasteiger partial charge in [-0.15, -0.1) is 0 Å². The Morgan fingerprint density at radius 2 is 1.51 bits per heavy atom. The Balaban J connectivity index is 1.21. The molecule has 0 aliphatic carbocycles. The molecule has 2 N–H and O–H groups in total. The molecule has 4 rings (SSSR count). The molecule has 1 saturated heterocycles. The van der Waals surface area contributed by atoms with Gasteiger partial charge in [-0.1, -0.05) is 51.3 Å². The summed E-state index contributed by atoms with van der Waals surface area (Å²) in [6.45, 7) is 0.897. The molecule has 192 valence electrons. The molecule has 10 heteroatoms. The van der Waals surface area contributed by atoms with E-state index in [1.54, 1.807) is 42.5 Å². The molecule has 1 aliphatic heterocycles. The number of halogens is 3. The van der Waals surface area contributed by atoms with Gasteiger partial charge in [-0.3, -0.25) is 14.4 Å². The Labute approximate surface area is 233 Å². The molecule has 7 nitrogen and oxygen atoms in total. The number of hydrogen-bond acceptors (Lipinski definition) is 4. The number of benzene rings is 3. The Morgan fingerprint density at radius 1 is 0.892 bits per heavy atom. The van der Waals surface area contributed by atoms with Gasteiger partial charge in [0, 0.05) is 45.8 Å². The second-order valence-corrected chi connectivity index (χ2v) is 10.4. The number of anilines is 1. The summed E-state index contributed by atoms with van der Waals surface area (Å²) in [7, 11) is 0. The van der Waals surface area contributed by atoms with E-state index in [-0.39, 0.29) is 18.4 Å². The zero-order valence-corrected chi connectivity index (χ0v) is 22.8. The van der Waals surface area contributed by atoms with E-state index >= 15 is 0 Å². The number of likely N-dealkylation sites (tertiary alicyclic amines) is 1. The molecule has 3 aromatic rings. The lowest BCUT2D eigenvalue weighted by atomic mass is 9.95. The van der Waals surface area contributed by atoms with Crippen molar-refractivity contribution < 1.29 is 19.1 Å². The number of ether oxygens (including phenoxy) is 1. The fourth-order valence-electron chi connectivity index (χ4n) is 3.92. The van der Waals surface area contributed by atoms with Gasteiger partial charge in [-0.25, -0.2) is 0 Å². The van der Waals surface area contributed by atoms with Gasteiger partial charge in [-0.05, 0) is 73.0 Å². The molecule has 0 bridgehead atoms. The smallest absolute Gasteiger partial charge is 0.311 e. The number of amides is 3. The summed E-state index contributed by atoms with van der Waals surface area (Å²) in [4.78, 5) is 39.1. The highest BCUT2D eigenvalue weighted by molar-refractivity contribution is 9.10. The van der Waals surface area contributed by atoms with E-state index in [4.69, 9.17) is 27.9 Å². The van der Waals surface area contributed by atoms with E-state index < -0.39 is 11.8 Å². The zero-order chi connectivity index (χ0) is 26.4. The molecular formula is C27H24BrCl2N3O4. The highest BCUT2D eigenvalue weighted by Gasteiger charge is 2.30. The maximum atomic E-state index is 12.6. The van der Waals surface area contributed by atoms with Gasteiger partial charge in [0.2, 0.25) is 5.91 Å². The van der Waals surface area contributed by atoms with Crippen molar-refractivity contribution in [3.8, 4) is 11.5 Å². The third-order valence-corrected chi connectivity index (χ3v) is 6.87. The van der Waals surface area contributed by atoms with Crippen molar-refractivity contribution in [1.82, 2.24) is 10.2 Å². The Bertz CT molecular complexity index is 1260. The molecule has 0 radical (unpaired) electrons. The molecule has 0 unspecified atom stereocenters. The zero-order valence-electron chi connectivity index (χ0n) is 19.7. The van der Waals surface area contributed by atoms with E-state index in [2.05, 4.69) is 26.6 Å². The molecule has 0 spiro atoms. The first-order chi connectivity index (χ1) is 17.8. The van der Waals surface area contributed by atoms with E-state index in [0.29, 0.717) is 47.5 Å². The fourth-order valence-corrected chi connectivity index (χ4v) is 4.69. The molecule has 1 aliphatic rings. The minimum Gasteiger partial charge on any atom is -0.457 e. The van der Waals surface area contributed by atoms with Gasteiger partial charge in [0.05, 0.1) is 0 Å². The molecule has 1 fully saturated rings. The van der Waals surface area contributed by atoms with Crippen molar-refractivity contribution in [1.29, 1.82) is 0 Å². The molecule has 3 aromatic carbocycles. The molecule has 0 atom stereocenters. The molecule has 3 amide bonds. The first-order valence-corrected chi connectivity index (χ1v) is 13.2. The number of carbonyl (C=O) groups is 3. The second kappa shape index (κ2) is 12.4. The Kier molecular flexibility index (Phi) is 9.08. The predicted octanol–water partition coefficient (Wildman–Crippen LogP) is 6.04. The minimum atomic E-state index is -0.674. The van der Waals surface area contributed by atoms with E-state index in [9.17, 15) is 14.4 Å². The summed E-state index contributed by atoms with van der Waals surface area (Å²) in [5.41, 5.74) is 1.53. The van der Waals surface area contributed by atoms with E-state index in [1.807, 2.05) is 24.3 Å². The fraction of sp³-hybridized carbons (Fsp3) is 0.222. The summed E-state index contributed by atoms with van der Waals surface area (Å²) in [6, 6.07) is 19.4. The van der Waals surface area contributed by atoms with E-state index in [1.165, 1.54) is 4.90 Å². The summed E-state index contributed by atoms with van der Waals surface area (Å²) in [5, 5.41) is 6.51. The van der Waals surface area contributed by atoms with Crippen molar-refractivity contribution >= 4 is 62.5 Å². The van der Waals surface area contributed by atoms with Gasteiger partial charge in [0.1, 0.15) is 11.5 Å². The van der Waals surface area contributed by atoms with Crippen molar-refractivity contribution in [2.45, 2.75) is 19.4 Å². The molecule has 1 heterocycles. The second-order valence-electron chi connectivity index (χ2n) is 8.60. The molecular weight excluding hydrogens is 581 g/mol. The number of hydrogen-bond donors (Lipinski definition) is 2. The molecule has 0 aromatic heterocycles. The maximum absolute atomic E-state index is 12.6. The quantitative estimate of drug-likeness (QED) is 0.336. The number of rotatable bonds is 6. The predicted molar refractivity (Wildman–Crippen MR) is 147 cm³/mol. The summed E-state index contributed by atoms with van der Waals surface area (Å²) in [5.74, 6) is -0.462. The van der Waals surface area contributed by atoms with Crippen molar-refractivity contribution in [3.63, 3.8) is 0 Å². The van der Waals surface area contributed by atoms with Crippen LogP contribution >= 0.6 is 39.1 Å². The number of carbonyl (C=O) groups excluding carboxylic acids is 3. The van der Waals surface area contributed by atoms with Crippen molar-refractivity contribution in [2.75, 3.05) is 18.4 Å². The van der Waals surface area contributed by atoms with Gasteiger partial charge < -0.3 is 20.3 Å². The monoisotopic (exact) mass is 603 g/mol. The van der Waals surface area contributed by atoms with Crippen LogP contribution in [0.2, 0.25) is 10.0 Å². The van der Waals surface area contributed by atoms with Gasteiger partial charge >= 0.3 is 11.8 Å². The lowest BCUT2D eigenvalue weighted by Gasteiger charge is -2.30. The van der Waals surface area contributed by atoms with Crippen LogP contribution in [0, 0.1) is 5.92 Å². The number of piperidine rings is 1. The Morgan fingerprint density at radius 3 is 2.14 bits per heavy atom. The van der Waals surface area contributed by atoms with Crippen molar-refractivity contribution in [3.05, 3.63) is 86.8 Å². The van der Waals surface area contributed by atoms with Crippen LogP contribution in [0.5, 0.6) is 11.5 Å². The topological polar surface area (TPSA) is 87.7 Å². The number of nitrogens with zero attached hydrogens (tertiary/aromatic N) is 1. The van der Waals surface area contributed by atoms with Crippen molar-refractivity contribution in [2.24, 2.45) is 5.92 Å². The largest absolute Gasteiger partial charge is 0.457 e. The van der Waals surface area contributed by atoms with Crippen LogP contribution in [0.15, 0.2) is 71.2 Å². The lowest BCUT2D eigenvalue weighted by molar-refractivity contribution is -0.147. The standard InChI is InChI=1S/C27H24BrCl2N3O4/c28-19-3-5-22(6-4-19)32-25(34)18-9-11-33(12-10-18)27(36)26(35)31-16-17-1-7-23(8-2-17)37-24-14-20(29)13-21(30)15-24/h1-8,13-15,18H,9-12,16H2,(H,31,35)(H,32,34). The van der Waals surface area contributed by atoms with Crippen LogP contribution in [-0.2, 0) is 20.9 Å². The number of nitrogens with one attached hydrogen (secondary N) is 2. The van der Waals surface area contributed by atoms with Crippen LogP contribution in [0.4, 0.5) is 5.69 Å². The molecule has 0 saturated carbocycles. The molecule has 37 heavy (non-hydrogen) atoms. The normalized spacial score (nSPS) is 13.6. The average Bonchev–Trinajstić information content (AvgIpc) is 2.88. The van der Waals surface area contributed by atoms with Crippen LogP contribution in [0.3, 0.4) is 0 Å². The van der Waals surface area contributed by atoms with Gasteiger partial charge in [0.15, 0.2) is 0 Å². The SMILES string of the molecule is O=C(NCc1ccc(Oc2cc(Cl)cc(Cl)c2)cc1)C(=O)N1CCC(C(=O)Nc2ccc(Br)cc2)CC1. The van der Waals surface area contributed by atoms with Crippen LogP contribution < -0.4 is 15.4 Å². The first kappa shape index (κ1) is 27.0.